The summed E-state index contributed by atoms with van der Waals surface area (Å²) < 4.78 is 24.1. The number of amides is 2. The monoisotopic (exact) mass is 298 g/mol. The first-order valence-electron chi connectivity index (χ1n) is 6.33. The van der Waals surface area contributed by atoms with Crippen LogP contribution in [0, 0.1) is 5.82 Å². The summed E-state index contributed by atoms with van der Waals surface area (Å²) >= 11 is 0. The number of rotatable bonds is 4. The van der Waals surface area contributed by atoms with E-state index in [1.54, 1.807) is 0 Å². The molecule has 1 unspecified atom stereocenters. The zero-order valence-electron chi connectivity index (χ0n) is 11.1. The highest BCUT2D eigenvalue weighted by molar-refractivity contribution is 5.91. The molecule has 0 saturated carbocycles. The van der Waals surface area contributed by atoms with Crippen molar-refractivity contribution in [1.82, 2.24) is 5.32 Å². The normalized spacial score (nSPS) is 18.0. The number of urea groups is 1. The number of carboxylic acids is 1. The van der Waals surface area contributed by atoms with Crippen LogP contribution in [-0.2, 0) is 9.47 Å². The van der Waals surface area contributed by atoms with Crippen LogP contribution in [0.5, 0.6) is 0 Å². The van der Waals surface area contributed by atoms with Gasteiger partial charge in [0.2, 0.25) is 0 Å². The molecule has 1 aromatic carbocycles. The second kappa shape index (κ2) is 7.00. The van der Waals surface area contributed by atoms with Gasteiger partial charge in [-0.25, -0.2) is 14.0 Å². The smallest absolute Gasteiger partial charge is 0.335 e. The van der Waals surface area contributed by atoms with E-state index in [0.29, 0.717) is 19.8 Å². The van der Waals surface area contributed by atoms with Crippen LogP contribution < -0.4 is 10.6 Å². The van der Waals surface area contributed by atoms with Crippen LogP contribution in [0.25, 0.3) is 0 Å². The molecule has 114 valence electrons. The van der Waals surface area contributed by atoms with Crippen LogP contribution in [0.3, 0.4) is 0 Å². The first-order chi connectivity index (χ1) is 10.1. The molecule has 0 bridgehead atoms. The van der Waals surface area contributed by atoms with Crippen LogP contribution >= 0.6 is 0 Å². The Hall–Kier alpha value is -2.19. The minimum absolute atomic E-state index is 0.0988. The molecule has 8 heteroatoms. The maximum absolute atomic E-state index is 13.6. The Balaban J connectivity index is 1.85. The number of carboxylic acid groups (broad SMARTS) is 1. The van der Waals surface area contributed by atoms with Gasteiger partial charge in [0.1, 0.15) is 5.82 Å². The average Bonchev–Trinajstić information content (AvgIpc) is 2.48. The van der Waals surface area contributed by atoms with Crippen LogP contribution in [0.2, 0.25) is 0 Å². The van der Waals surface area contributed by atoms with Crippen molar-refractivity contribution in [2.75, 3.05) is 31.7 Å². The molecule has 1 atom stereocenters. The van der Waals surface area contributed by atoms with Crippen molar-refractivity contribution < 1.29 is 28.6 Å². The van der Waals surface area contributed by atoms with Gasteiger partial charge in [0, 0.05) is 6.54 Å². The van der Waals surface area contributed by atoms with Crippen LogP contribution in [0.4, 0.5) is 14.9 Å². The molecule has 1 aliphatic rings. The second-order valence-corrected chi connectivity index (χ2v) is 4.40. The fourth-order valence-corrected chi connectivity index (χ4v) is 1.78. The van der Waals surface area contributed by atoms with Crippen LogP contribution in [0.15, 0.2) is 18.2 Å². The van der Waals surface area contributed by atoms with E-state index >= 15 is 0 Å². The summed E-state index contributed by atoms with van der Waals surface area (Å²) in [6.07, 6.45) is -0.233. The quantitative estimate of drug-likeness (QED) is 0.772. The Morgan fingerprint density at radius 1 is 1.38 bits per heavy atom. The summed E-state index contributed by atoms with van der Waals surface area (Å²) in [6.45, 7) is 1.63. The standard InChI is InChI=1S/C13H15FN2O5/c14-10-5-8(12(17)18)1-2-11(10)16-13(19)15-6-9-7-20-3-4-21-9/h1-2,5,9H,3-4,6-7H2,(H,17,18)(H2,15,16,19). The summed E-state index contributed by atoms with van der Waals surface area (Å²) in [5, 5.41) is 13.5. The lowest BCUT2D eigenvalue weighted by Crippen LogP contribution is -2.41. The van der Waals surface area contributed by atoms with Gasteiger partial charge in [-0.3, -0.25) is 0 Å². The van der Waals surface area contributed by atoms with Gasteiger partial charge in [0.05, 0.1) is 37.2 Å². The van der Waals surface area contributed by atoms with Crippen LogP contribution in [-0.4, -0.2) is 49.6 Å². The zero-order valence-corrected chi connectivity index (χ0v) is 11.1. The number of ether oxygens (including phenoxy) is 2. The molecule has 1 fully saturated rings. The lowest BCUT2D eigenvalue weighted by atomic mass is 10.2. The molecule has 21 heavy (non-hydrogen) atoms. The van der Waals surface area contributed by atoms with E-state index in [2.05, 4.69) is 10.6 Å². The van der Waals surface area contributed by atoms with Gasteiger partial charge in [-0.05, 0) is 18.2 Å². The SMILES string of the molecule is O=C(NCC1COCCO1)Nc1ccc(C(=O)O)cc1F. The number of carbonyl (C=O) groups is 2. The maximum atomic E-state index is 13.6. The molecule has 2 amide bonds. The van der Waals surface area contributed by atoms with Crippen molar-refractivity contribution in [3.05, 3.63) is 29.6 Å². The van der Waals surface area contributed by atoms with E-state index in [-0.39, 0.29) is 23.9 Å². The molecule has 0 radical (unpaired) electrons. The molecule has 1 saturated heterocycles. The topological polar surface area (TPSA) is 96.9 Å². The van der Waals surface area contributed by atoms with Crippen molar-refractivity contribution in [3.63, 3.8) is 0 Å². The Morgan fingerprint density at radius 3 is 2.81 bits per heavy atom. The van der Waals surface area contributed by atoms with Crippen molar-refractivity contribution in [3.8, 4) is 0 Å². The number of carbonyl (C=O) groups excluding carboxylic acids is 1. The first-order valence-corrected chi connectivity index (χ1v) is 6.33. The number of aromatic carboxylic acids is 1. The van der Waals surface area contributed by atoms with Gasteiger partial charge in [-0.15, -0.1) is 0 Å². The molecular formula is C13H15FN2O5. The molecule has 0 spiro atoms. The van der Waals surface area contributed by atoms with Gasteiger partial charge in [-0.2, -0.15) is 0 Å². The number of nitrogens with one attached hydrogen (secondary N) is 2. The fourth-order valence-electron chi connectivity index (χ4n) is 1.78. The third-order valence-electron chi connectivity index (χ3n) is 2.84. The number of benzene rings is 1. The highest BCUT2D eigenvalue weighted by Gasteiger charge is 2.16. The molecular weight excluding hydrogens is 283 g/mol. The van der Waals surface area contributed by atoms with E-state index in [0.717, 1.165) is 6.07 Å². The van der Waals surface area contributed by atoms with Crippen molar-refractivity contribution >= 4 is 17.7 Å². The average molecular weight is 298 g/mol. The highest BCUT2D eigenvalue weighted by atomic mass is 19.1. The summed E-state index contributed by atoms with van der Waals surface area (Å²) in [4.78, 5) is 22.3. The molecule has 3 N–H and O–H groups in total. The molecule has 7 nitrogen and oxygen atoms in total. The van der Waals surface area contributed by atoms with E-state index in [1.807, 2.05) is 0 Å². The van der Waals surface area contributed by atoms with E-state index < -0.39 is 17.8 Å². The summed E-state index contributed by atoms with van der Waals surface area (Å²) in [5.41, 5.74) is -0.287. The Kier molecular flexibility index (Phi) is 5.07. The molecule has 0 aromatic heterocycles. The van der Waals surface area contributed by atoms with Crippen molar-refractivity contribution in [2.45, 2.75) is 6.10 Å². The van der Waals surface area contributed by atoms with Gasteiger partial charge < -0.3 is 25.2 Å². The molecule has 1 aliphatic heterocycles. The maximum Gasteiger partial charge on any atom is 0.335 e. The van der Waals surface area contributed by atoms with Gasteiger partial charge in [-0.1, -0.05) is 0 Å². The van der Waals surface area contributed by atoms with E-state index in [1.165, 1.54) is 12.1 Å². The Labute approximate surface area is 120 Å². The zero-order chi connectivity index (χ0) is 15.2. The molecule has 1 aromatic rings. The Bertz CT molecular complexity index is 531. The number of anilines is 1. The third-order valence-corrected chi connectivity index (χ3v) is 2.84. The summed E-state index contributed by atoms with van der Waals surface area (Å²) in [6, 6.07) is 2.64. The minimum Gasteiger partial charge on any atom is -0.478 e. The number of halogens is 1. The molecule has 0 aliphatic carbocycles. The fraction of sp³-hybridized carbons (Fsp3) is 0.385. The summed E-state index contributed by atoms with van der Waals surface area (Å²) in [7, 11) is 0. The van der Waals surface area contributed by atoms with Gasteiger partial charge in [0.25, 0.3) is 0 Å². The lowest BCUT2D eigenvalue weighted by Gasteiger charge is -2.23. The minimum atomic E-state index is -1.24. The lowest BCUT2D eigenvalue weighted by molar-refractivity contribution is -0.0852. The van der Waals surface area contributed by atoms with Gasteiger partial charge in [0.15, 0.2) is 0 Å². The predicted octanol–water partition coefficient (Wildman–Crippen LogP) is 1.06. The predicted molar refractivity (Wildman–Crippen MR) is 70.9 cm³/mol. The largest absolute Gasteiger partial charge is 0.478 e. The first kappa shape index (κ1) is 15.2. The van der Waals surface area contributed by atoms with Gasteiger partial charge >= 0.3 is 12.0 Å². The number of hydrogen-bond acceptors (Lipinski definition) is 4. The van der Waals surface area contributed by atoms with E-state index in [9.17, 15) is 14.0 Å². The van der Waals surface area contributed by atoms with Crippen LogP contribution in [0.1, 0.15) is 10.4 Å². The second-order valence-electron chi connectivity index (χ2n) is 4.40. The summed E-state index contributed by atoms with van der Waals surface area (Å²) in [5.74, 6) is -2.05. The van der Waals surface area contributed by atoms with Crippen molar-refractivity contribution in [1.29, 1.82) is 0 Å². The highest BCUT2D eigenvalue weighted by Crippen LogP contribution is 2.15. The van der Waals surface area contributed by atoms with E-state index in [4.69, 9.17) is 14.6 Å². The third kappa shape index (κ3) is 4.40. The molecule has 2 rings (SSSR count). The van der Waals surface area contributed by atoms with Crippen molar-refractivity contribution in [2.24, 2.45) is 0 Å². The Morgan fingerprint density at radius 2 is 2.19 bits per heavy atom. The number of hydrogen-bond donors (Lipinski definition) is 3. The molecule has 1 heterocycles.